The highest BCUT2D eigenvalue weighted by atomic mass is 35.5. The molecule has 1 N–H and O–H groups in total. The molecule has 98 valence electrons. The summed E-state index contributed by atoms with van der Waals surface area (Å²) >= 11 is 11.7. The Morgan fingerprint density at radius 1 is 1.26 bits per heavy atom. The van der Waals surface area contributed by atoms with E-state index in [0.717, 1.165) is 0 Å². The highest BCUT2D eigenvalue weighted by Gasteiger charge is 2.12. The van der Waals surface area contributed by atoms with Crippen LogP contribution in [0.15, 0.2) is 36.7 Å². The molecule has 2 rings (SSSR count). The Kier molecular flexibility index (Phi) is 4.24. The number of hydrogen-bond donors (Lipinski definition) is 1. The van der Waals surface area contributed by atoms with E-state index < -0.39 is 0 Å². The number of anilines is 1. The summed E-state index contributed by atoms with van der Waals surface area (Å²) in [5, 5.41) is 3.58. The van der Waals surface area contributed by atoms with Gasteiger partial charge in [-0.2, -0.15) is 0 Å². The lowest BCUT2D eigenvalue weighted by atomic mass is 10.2. The van der Waals surface area contributed by atoms with Gasteiger partial charge in [-0.1, -0.05) is 23.2 Å². The van der Waals surface area contributed by atoms with Crippen molar-refractivity contribution in [2.45, 2.75) is 0 Å². The number of nitrogens with zero attached hydrogens (tertiary/aromatic N) is 1. The van der Waals surface area contributed by atoms with Gasteiger partial charge in [-0.15, -0.1) is 0 Å². The molecule has 0 saturated carbocycles. The van der Waals surface area contributed by atoms with E-state index in [1.54, 1.807) is 30.5 Å². The van der Waals surface area contributed by atoms with Gasteiger partial charge < -0.3 is 10.1 Å². The van der Waals surface area contributed by atoms with Gasteiger partial charge in [-0.3, -0.25) is 9.78 Å². The van der Waals surface area contributed by atoms with Gasteiger partial charge in [0.05, 0.1) is 12.7 Å². The van der Waals surface area contributed by atoms with Gasteiger partial charge >= 0.3 is 0 Å². The zero-order chi connectivity index (χ0) is 13.8. The standard InChI is InChI=1S/C13H10Cl2N2O2/c1-19-12-2-3-16-7-11(12)13(18)17-10-5-8(14)4-9(15)6-10/h2-7H,1H3,(H,17,18). The van der Waals surface area contributed by atoms with Crippen LogP contribution in [0.2, 0.25) is 10.0 Å². The number of hydrogen-bond acceptors (Lipinski definition) is 3. The minimum absolute atomic E-state index is 0.334. The first-order chi connectivity index (χ1) is 9.10. The van der Waals surface area contributed by atoms with Gasteiger partial charge in [0.1, 0.15) is 5.75 Å². The SMILES string of the molecule is COc1ccncc1C(=O)Nc1cc(Cl)cc(Cl)c1. The summed E-state index contributed by atoms with van der Waals surface area (Å²) in [6.07, 6.45) is 2.98. The minimum atomic E-state index is -0.344. The summed E-state index contributed by atoms with van der Waals surface area (Å²) in [5.74, 6) is 0.101. The van der Waals surface area contributed by atoms with E-state index in [-0.39, 0.29) is 5.91 Å². The monoisotopic (exact) mass is 296 g/mol. The average molecular weight is 297 g/mol. The Bertz CT molecular complexity index is 597. The molecule has 6 heteroatoms. The number of halogens is 2. The van der Waals surface area contributed by atoms with Crippen LogP contribution in [0, 0.1) is 0 Å². The second-order valence-corrected chi connectivity index (χ2v) is 4.56. The van der Waals surface area contributed by atoms with Gasteiger partial charge in [-0.25, -0.2) is 0 Å². The maximum Gasteiger partial charge on any atom is 0.261 e. The summed E-state index contributed by atoms with van der Waals surface area (Å²) in [4.78, 5) is 16.0. The number of pyridine rings is 1. The fourth-order valence-electron chi connectivity index (χ4n) is 1.55. The zero-order valence-corrected chi connectivity index (χ0v) is 11.5. The summed E-state index contributed by atoms with van der Waals surface area (Å²) < 4.78 is 5.10. The lowest BCUT2D eigenvalue weighted by Crippen LogP contribution is -2.13. The van der Waals surface area contributed by atoms with E-state index in [1.165, 1.54) is 13.3 Å². The summed E-state index contributed by atoms with van der Waals surface area (Å²) in [6, 6.07) is 6.41. The van der Waals surface area contributed by atoms with Crippen LogP contribution in [-0.4, -0.2) is 18.0 Å². The largest absolute Gasteiger partial charge is 0.496 e. The Hall–Kier alpha value is -1.78. The van der Waals surface area contributed by atoms with Gasteiger partial charge in [0, 0.05) is 28.1 Å². The summed E-state index contributed by atoms with van der Waals surface area (Å²) in [7, 11) is 1.49. The first kappa shape index (κ1) is 13.6. The number of aromatic nitrogens is 1. The van der Waals surface area contributed by atoms with Crippen LogP contribution >= 0.6 is 23.2 Å². The second-order valence-electron chi connectivity index (χ2n) is 3.69. The Morgan fingerprint density at radius 3 is 2.58 bits per heavy atom. The lowest BCUT2D eigenvalue weighted by Gasteiger charge is -2.09. The van der Waals surface area contributed by atoms with Crippen molar-refractivity contribution in [1.29, 1.82) is 0 Å². The molecule has 0 spiro atoms. The quantitative estimate of drug-likeness (QED) is 0.940. The van der Waals surface area contributed by atoms with E-state index in [4.69, 9.17) is 27.9 Å². The summed E-state index contributed by atoms with van der Waals surface area (Å²) in [6.45, 7) is 0. The first-order valence-corrected chi connectivity index (χ1v) is 6.11. The molecule has 1 aromatic heterocycles. The van der Waals surface area contributed by atoms with Crippen molar-refractivity contribution in [3.8, 4) is 5.75 Å². The molecule has 19 heavy (non-hydrogen) atoms. The fourth-order valence-corrected chi connectivity index (χ4v) is 2.08. The molecule has 0 bridgehead atoms. The minimum Gasteiger partial charge on any atom is -0.496 e. The lowest BCUT2D eigenvalue weighted by molar-refractivity contribution is 0.102. The predicted octanol–water partition coefficient (Wildman–Crippen LogP) is 3.65. The van der Waals surface area contributed by atoms with Crippen LogP contribution < -0.4 is 10.1 Å². The number of amides is 1. The van der Waals surface area contributed by atoms with Crippen molar-refractivity contribution in [1.82, 2.24) is 4.98 Å². The molecule has 0 atom stereocenters. The highest BCUT2D eigenvalue weighted by molar-refractivity contribution is 6.35. The van der Waals surface area contributed by atoms with Crippen LogP contribution in [-0.2, 0) is 0 Å². The molecule has 0 aliphatic carbocycles. The van der Waals surface area contributed by atoms with Gasteiger partial charge in [0.25, 0.3) is 5.91 Å². The third-order valence-electron chi connectivity index (χ3n) is 2.37. The maximum atomic E-state index is 12.1. The van der Waals surface area contributed by atoms with Crippen molar-refractivity contribution >= 4 is 34.8 Å². The fraction of sp³-hybridized carbons (Fsp3) is 0.0769. The molecule has 0 radical (unpaired) electrons. The summed E-state index contributed by atoms with van der Waals surface area (Å²) in [5.41, 5.74) is 0.842. The number of carbonyl (C=O) groups excluding carboxylic acids is 1. The molecule has 0 unspecified atom stereocenters. The van der Waals surface area contributed by atoms with Gasteiger partial charge in [0.15, 0.2) is 0 Å². The second kappa shape index (κ2) is 5.91. The first-order valence-electron chi connectivity index (χ1n) is 5.35. The molecule has 0 aliphatic heterocycles. The third kappa shape index (κ3) is 3.36. The van der Waals surface area contributed by atoms with Crippen molar-refractivity contribution in [3.63, 3.8) is 0 Å². The Balaban J connectivity index is 2.25. The van der Waals surface area contributed by atoms with Crippen LogP contribution in [0.1, 0.15) is 10.4 Å². The molecule has 1 heterocycles. The number of carbonyl (C=O) groups is 1. The van der Waals surface area contributed by atoms with Gasteiger partial charge in [-0.05, 0) is 24.3 Å². The van der Waals surface area contributed by atoms with Gasteiger partial charge in [0.2, 0.25) is 0 Å². The number of methoxy groups -OCH3 is 1. The van der Waals surface area contributed by atoms with Crippen molar-refractivity contribution in [3.05, 3.63) is 52.3 Å². The van der Waals surface area contributed by atoms with Crippen LogP contribution in [0.4, 0.5) is 5.69 Å². The molecule has 0 saturated heterocycles. The molecule has 0 fully saturated rings. The predicted molar refractivity (Wildman–Crippen MR) is 75.2 cm³/mol. The maximum absolute atomic E-state index is 12.1. The van der Waals surface area contributed by atoms with Crippen LogP contribution in [0.25, 0.3) is 0 Å². The molecule has 2 aromatic rings. The van der Waals surface area contributed by atoms with E-state index in [2.05, 4.69) is 10.3 Å². The number of nitrogens with one attached hydrogen (secondary N) is 1. The molecule has 0 aliphatic rings. The van der Waals surface area contributed by atoms with E-state index in [1.807, 2.05) is 0 Å². The molecule has 1 amide bonds. The van der Waals surface area contributed by atoms with E-state index >= 15 is 0 Å². The number of benzene rings is 1. The number of ether oxygens (including phenoxy) is 1. The van der Waals surface area contributed by atoms with Crippen molar-refractivity contribution in [2.24, 2.45) is 0 Å². The molecular weight excluding hydrogens is 287 g/mol. The van der Waals surface area contributed by atoms with Crippen molar-refractivity contribution < 1.29 is 9.53 Å². The topological polar surface area (TPSA) is 51.2 Å². The van der Waals surface area contributed by atoms with Crippen LogP contribution in [0.3, 0.4) is 0 Å². The normalized spacial score (nSPS) is 10.1. The molecular formula is C13H10Cl2N2O2. The third-order valence-corrected chi connectivity index (χ3v) is 2.80. The Morgan fingerprint density at radius 2 is 1.95 bits per heavy atom. The van der Waals surface area contributed by atoms with Crippen LogP contribution in [0.5, 0.6) is 5.75 Å². The van der Waals surface area contributed by atoms with Crippen molar-refractivity contribution in [2.75, 3.05) is 12.4 Å². The molecule has 4 nitrogen and oxygen atoms in total. The smallest absolute Gasteiger partial charge is 0.261 e. The van der Waals surface area contributed by atoms with E-state index in [9.17, 15) is 4.79 Å². The zero-order valence-electron chi connectivity index (χ0n) is 9.98. The van der Waals surface area contributed by atoms with E-state index in [0.29, 0.717) is 27.0 Å². The Labute approximate surface area is 120 Å². The number of rotatable bonds is 3. The highest BCUT2D eigenvalue weighted by Crippen LogP contribution is 2.24. The molecule has 1 aromatic carbocycles. The average Bonchev–Trinajstić information content (AvgIpc) is 2.37.